The molecule has 0 saturated carbocycles. The summed E-state index contributed by atoms with van der Waals surface area (Å²) < 4.78 is 16.4. The van der Waals surface area contributed by atoms with Gasteiger partial charge in [0, 0.05) is 19.6 Å². The lowest BCUT2D eigenvalue weighted by atomic mass is 10.3. The first kappa shape index (κ1) is 18.9. The minimum atomic E-state index is -4.53. The molecule has 0 fully saturated rings. The second kappa shape index (κ2) is 9.74. The predicted molar refractivity (Wildman–Crippen MR) is 75.1 cm³/mol. The molecule has 0 aromatic heterocycles. The lowest BCUT2D eigenvalue weighted by molar-refractivity contribution is -0.131. The predicted octanol–water partition coefficient (Wildman–Crippen LogP) is 1.63. The number of amides is 1. The van der Waals surface area contributed by atoms with E-state index in [2.05, 4.69) is 3.97 Å². The molecule has 0 aliphatic heterocycles. The average Bonchev–Trinajstić information content (AvgIpc) is 2.32. The van der Waals surface area contributed by atoms with Crippen LogP contribution in [0.4, 0.5) is 0 Å². The molecule has 0 saturated heterocycles. The van der Waals surface area contributed by atoms with E-state index in [1.807, 2.05) is 13.8 Å². The van der Waals surface area contributed by atoms with Crippen molar-refractivity contribution >= 4 is 26.0 Å². The Kier molecular flexibility index (Phi) is 9.68. The number of carbonyl (C=O) groups excluding carboxylic acids is 1. The highest BCUT2D eigenvalue weighted by Crippen LogP contribution is 2.41. The molecule has 0 unspecified atom stereocenters. The van der Waals surface area contributed by atoms with Crippen molar-refractivity contribution in [2.45, 2.75) is 33.6 Å². The van der Waals surface area contributed by atoms with Gasteiger partial charge < -0.3 is 14.7 Å². The van der Waals surface area contributed by atoms with Crippen LogP contribution in [0.1, 0.15) is 33.6 Å². The molecule has 19 heavy (non-hydrogen) atoms. The van der Waals surface area contributed by atoms with Gasteiger partial charge >= 0.3 is 7.82 Å². The molecule has 0 atom stereocenters. The van der Waals surface area contributed by atoms with Crippen LogP contribution >= 0.6 is 20.1 Å². The van der Waals surface area contributed by atoms with E-state index in [1.165, 1.54) is 4.31 Å². The van der Waals surface area contributed by atoms with Crippen molar-refractivity contribution in [2.75, 3.05) is 26.2 Å². The highest BCUT2D eigenvalue weighted by Gasteiger charge is 2.21. The van der Waals surface area contributed by atoms with Crippen LogP contribution in [0.25, 0.3) is 0 Å². The lowest BCUT2D eigenvalue weighted by Gasteiger charge is -2.25. The minimum absolute atomic E-state index is 0.0626. The normalized spacial score (nSPS) is 11.9. The van der Waals surface area contributed by atoms with Crippen molar-refractivity contribution in [2.24, 2.45) is 0 Å². The number of hydrogen-bond donors (Lipinski definition) is 2. The third-order valence-electron chi connectivity index (χ3n) is 2.24. The van der Waals surface area contributed by atoms with Crippen LogP contribution in [0.15, 0.2) is 0 Å². The van der Waals surface area contributed by atoms with Crippen molar-refractivity contribution in [1.29, 1.82) is 0 Å². The van der Waals surface area contributed by atoms with Crippen LogP contribution in [-0.4, -0.2) is 51.1 Å². The van der Waals surface area contributed by atoms with E-state index in [1.54, 1.807) is 11.8 Å². The fourth-order valence-corrected chi connectivity index (χ4v) is 2.43. The Morgan fingerprint density at radius 3 is 2.11 bits per heavy atom. The Hall–Kier alpha value is -0.110. The number of nitrogens with zero attached hydrogens (tertiary/aromatic N) is 2. The van der Waals surface area contributed by atoms with Crippen LogP contribution in [0.5, 0.6) is 0 Å². The summed E-state index contributed by atoms with van der Waals surface area (Å²) in [5, 5.41) is 0. The van der Waals surface area contributed by atoms with Crippen molar-refractivity contribution in [3.05, 3.63) is 0 Å². The minimum Gasteiger partial charge on any atom is -0.342 e. The molecule has 0 aromatic rings. The van der Waals surface area contributed by atoms with Gasteiger partial charge in [0.2, 0.25) is 5.91 Å². The van der Waals surface area contributed by atoms with Crippen LogP contribution < -0.4 is 0 Å². The zero-order chi connectivity index (χ0) is 14.9. The molecule has 114 valence electrons. The first-order chi connectivity index (χ1) is 8.84. The molecular formula is C10H23N2O5PS. The van der Waals surface area contributed by atoms with Gasteiger partial charge in [-0.05, 0) is 12.8 Å². The maximum Gasteiger partial charge on any atom is 0.481 e. The maximum absolute atomic E-state index is 12.0. The highest BCUT2D eigenvalue weighted by molar-refractivity contribution is 7.95. The molecule has 0 aliphatic rings. The van der Waals surface area contributed by atoms with Gasteiger partial charge in [0.15, 0.2) is 0 Å². The van der Waals surface area contributed by atoms with Gasteiger partial charge in [-0.3, -0.25) is 4.79 Å². The molecule has 0 bridgehead atoms. The second-order valence-corrected chi connectivity index (χ2v) is 6.22. The summed E-state index contributed by atoms with van der Waals surface area (Å²) in [5.41, 5.74) is 0. The standard InChI is InChI=1S/C10H23N2O5PS/c1-4-7-11(8-5-2)10(13)9-12(6-3)19-17-18(14,15)16/h4-9H2,1-3H3,(H2,14,15,16). The van der Waals surface area contributed by atoms with Gasteiger partial charge in [0.25, 0.3) is 0 Å². The summed E-state index contributed by atoms with van der Waals surface area (Å²) in [6.07, 6.45) is 1.76. The Bertz CT molecular complexity index is 306. The fraction of sp³-hybridized carbons (Fsp3) is 0.900. The van der Waals surface area contributed by atoms with E-state index >= 15 is 0 Å². The van der Waals surface area contributed by atoms with Crippen molar-refractivity contribution in [1.82, 2.24) is 9.21 Å². The van der Waals surface area contributed by atoms with Gasteiger partial charge in [-0.1, -0.05) is 20.8 Å². The van der Waals surface area contributed by atoms with Gasteiger partial charge in [0.1, 0.15) is 0 Å². The van der Waals surface area contributed by atoms with Crippen LogP contribution in [0, 0.1) is 0 Å². The first-order valence-corrected chi connectivity index (χ1v) is 8.51. The third-order valence-corrected chi connectivity index (χ3v) is 3.88. The van der Waals surface area contributed by atoms with E-state index in [0.717, 1.165) is 12.8 Å². The average molecular weight is 314 g/mol. The van der Waals surface area contributed by atoms with E-state index in [4.69, 9.17) is 9.79 Å². The van der Waals surface area contributed by atoms with Gasteiger partial charge in [-0.25, -0.2) is 8.87 Å². The molecule has 2 N–H and O–H groups in total. The monoisotopic (exact) mass is 314 g/mol. The zero-order valence-electron chi connectivity index (χ0n) is 11.6. The van der Waals surface area contributed by atoms with Crippen molar-refractivity contribution in [3.8, 4) is 0 Å². The Balaban J connectivity index is 4.34. The molecule has 9 heteroatoms. The SMILES string of the molecule is CCCN(CCC)C(=O)CN(CC)SOP(=O)(O)O. The van der Waals surface area contributed by atoms with E-state index in [0.29, 0.717) is 31.9 Å². The quantitative estimate of drug-likeness (QED) is 0.360. The summed E-state index contributed by atoms with van der Waals surface area (Å²) >= 11 is 0.533. The number of carbonyl (C=O) groups is 1. The van der Waals surface area contributed by atoms with Crippen molar-refractivity contribution in [3.63, 3.8) is 0 Å². The smallest absolute Gasteiger partial charge is 0.342 e. The number of hydrogen-bond acceptors (Lipinski definition) is 5. The van der Waals surface area contributed by atoms with E-state index in [-0.39, 0.29) is 12.5 Å². The van der Waals surface area contributed by atoms with E-state index < -0.39 is 7.82 Å². The molecule has 7 nitrogen and oxygen atoms in total. The third kappa shape index (κ3) is 9.43. The van der Waals surface area contributed by atoms with Gasteiger partial charge in [-0.15, -0.1) is 0 Å². The van der Waals surface area contributed by atoms with Gasteiger partial charge in [0.05, 0.1) is 18.8 Å². The van der Waals surface area contributed by atoms with Crippen LogP contribution in [0.3, 0.4) is 0 Å². The maximum atomic E-state index is 12.0. The molecular weight excluding hydrogens is 291 g/mol. The highest BCUT2D eigenvalue weighted by atomic mass is 32.2. The fourth-order valence-electron chi connectivity index (χ4n) is 1.43. The molecule has 0 rings (SSSR count). The molecule has 0 aromatic carbocycles. The van der Waals surface area contributed by atoms with Gasteiger partial charge in [-0.2, -0.15) is 3.97 Å². The Morgan fingerprint density at radius 2 is 1.74 bits per heavy atom. The topological polar surface area (TPSA) is 90.3 Å². The Labute approximate surface area is 118 Å². The lowest BCUT2D eigenvalue weighted by Crippen LogP contribution is -2.39. The second-order valence-electron chi connectivity index (χ2n) is 3.98. The van der Waals surface area contributed by atoms with Crippen molar-refractivity contribution < 1.29 is 23.1 Å². The number of rotatable bonds is 10. The summed E-state index contributed by atoms with van der Waals surface area (Å²) in [6, 6.07) is 0. The molecule has 0 spiro atoms. The van der Waals surface area contributed by atoms with E-state index in [9.17, 15) is 9.36 Å². The van der Waals surface area contributed by atoms with Crippen LogP contribution in [-0.2, 0) is 13.3 Å². The number of likely N-dealkylation sites (N-methyl/N-ethyl adjacent to an activating group) is 1. The zero-order valence-corrected chi connectivity index (χ0v) is 13.3. The first-order valence-electron chi connectivity index (χ1n) is 6.28. The molecule has 0 heterocycles. The van der Waals surface area contributed by atoms with Crippen LogP contribution in [0.2, 0.25) is 0 Å². The molecule has 0 aliphatic carbocycles. The largest absolute Gasteiger partial charge is 0.481 e. The summed E-state index contributed by atoms with van der Waals surface area (Å²) in [6.45, 7) is 7.68. The Morgan fingerprint density at radius 1 is 1.21 bits per heavy atom. The summed E-state index contributed by atoms with van der Waals surface area (Å²) in [4.78, 5) is 31.0. The molecule has 1 amide bonds. The molecule has 0 radical (unpaired) electrons. The number of phosphoric acid groups is 1. The summed E-state index contributed by atoms with van der Waals surface area (Å²) in [5.74, 6) is -0.0626. The summed E-state index contributed by atoms with van der Waals surface area (Å²) in [7, 11) is -4.53.